The van der Waals surface area contributed by atoms with Crippen LogP contribution in [0, 0.1) is 5.41 Å². The molecule has 0 saturated heterocycles. The van der Waals surface area contributed by atoms with Gasteiger partial charge in [0.2, 0.25) is 10.0 Å². The summed E-state index contributed by atoms with van der Waals surface area (Å²) in [5, 5.41) is 6.48. The maximum atomic E-state index is 12.1. The molecule has 1 aliphatic carbocycles. The van der Waals surface area contributed by atoms with Crippen LogP contribution in [0.15, 0.2) is 35.3 Å². The number of nitrogens with one attached hydrogen (secondary N) is 3. The predicted molar refractivity (Wildman–Crippen MR) is 108 cm³/mol. The van der Waals surface area contributed by atoms with Crippen molar-refractivity contribution < 1.29 is 8.42 Å². The minimum Gasteiger partial charge on any atom is -0.356 e. The molecule has 0 unspecified atom stereocenters. The van der Waals surface area contributed by atoms with Crippen LogP contribution in [0.2, 0.25) is 0 Å². The smallest absolute Gasteiger partial charge is 0.213 e. The van der Waals surface area contributed by atoms with Gasteiger partial charge in [-0.3, -0.25) is 4.99 Å². The highest BCUT2D eigenvalue weighted by atomic mass is 32.2. The zero-order valence-electron chi connectivity index (χ0n) is 15.9. The predicted octanol–water partition coefficient (Wildman–Crippen LogP) is 2.24. The Hall–Kier alpha value is -1.60. The molecule has 0 aliphatic heterocycles. The van der Waals surface area contributed by atoms with E-state index in [4.69, 9.17) is 0 Å². The van der Waals surface area contributed by atoms with Gasteiger partial charge in [0.1, 0.15) is 0 Å². The maximum Gasteiger partial charge on any atom is 0.213 e. The van der Waals surface area contributed by atoms with E-state index >= 15 is 0 Å². The molecule has 0 spiro atoms. The first-order valence-corrected chi connectivity index (χ1v) is 11.1. The summed E-state index contributed by atoms with van der Waals surface area (Å²) in [5.74, 6) is 0.683. The number of sulfonamides is 1. The van der Waals surface area contributed by atoms with Crippen LogP contribution in [-0.2, 0) is 16.6 Å². The van der Waals surface area contributed by atoms with Gasteiger partial charge in [0.05, 0.1) is 5.75 Å². The fourth-order valence-corrected chi connectivity index (χ4v) is 4.34. The normalized spacial score (nSPS) is 17.2. The number of rotatable bonds is 9. The van der Waals surface area contributed by atoms with Crippen LogP contribution in [0.3, 0.4) is 0 Å². The second-order valence-electron chi connectivity index (χ2n) is 7.04. The quantitative estimate of drug-likeness (QED) is 0.453. The van der Waals surface area contributed by atoms with Crippen molar-refractivity contribution in [2.75, 3.05) is 25.9 Å². The molecule has 0 amide bonds. The molecule has 26 heavy (non-hydrogen) atoms. The highest BCUT2D eigenvalue weighted by Crippen LogP contribution is 2.40. The Balaban J connectivity index is 1.72. The van der Waals surface area contributed by atoms with Gasteiger partial charge >= 0.3 is 0 Å². The van der Waals surface area contributed by atoms with E-state index in [2.05, 4.69) is 27.3 Å². The highest BCUT2D eigenvalue weighted by Gasteiger charge is 2.31. The molecule has 0 atom stereocenters. The summed E-state index contributed by atoms with van der Waals surface area (Å²) in [6.45, 7) is 3.77. The lowest BCUT2D eigenvalue weighted by Crippen LogP contribution is -2.44. The fraction of sp³-hybridized carbons (Fsp3) is 0.632. The van der Waals surface area contributed by atoms with Gasteiger partial charge in [0, 0.05) is 26.7 Å². The van der Waals surface area contributed by atoms with Gasteiger partial charge in [0.25, 0.3) is 0 Å². The summed E-state index contributed by atoms with van der Waals surface area (Å²) in [5.41, 5.74) is 1.31. The van der Waals surface area contributed by atoms with Gasteiger partial charge in [-0.1, -0.05) is 50.1 Å². The molecule has 6 nitrogen and oxygen atoms in total. The van der Waals surface area contributed by atoms with Crippen LogP contribution < -0.4 is 15.4 Å². The molecule has 1 saturated carbocycles. The van der Waals surface area contributed by atoms with Crippen LogP contribution in [0.5, 0.6) is 0 Å². The highest BCUT2D eigenvalue weighted by molar-refractivity contribution is 7.89. The number of benzene rings is 1. The molecular weight excluding hydrogens is 348 g/mol. The lowest BCUT2D eigenvalue weighted by Gasteiger charge is -2.28. The molecule has 0 bridgehead atoms. The van der Waals surface area contributed by atoms with Crippen LogP contribution in [0.25, 0.3) is 0 Å². The molecule has 3 N–H and O–H groups in total. The molecule has 1 aromatic carbocycles. The van der Waals surface area contributed by atoms with Gasteiger partial charge in [-0.15, -0.1) is 0 Å². The summed E-state index contributed by atoms with van der Waals surface area (Å²) in [6, 6.07) is 9.51. The Morgan fingerprint density at radius 1 is 1.15 bits per heavy atom. The molecule has 1 fully saturated rings. The molecule has 146 valence electrons. The third kappa shape index (κ3) is 6.61. The van der Waals surface area contributed by atoms with Crippen LogP contribution in [-0.4, -0.2) is 40.3 Å². The third-order valence-electron chi connectivity index (χ3n) is 5.27. The summed E-state index contributed by atoms with van der Waals surface area (Å²) in [4.78, 5) is 4.21. The van der Waals surface area contributed by atoms with E-state index in [-0.39, 0.29) is 5.75 Å². The van der Waals surface area contributed by atoms with Crippen molar-refractivity contribution in [2.45, 2.75) is 45.6 Å². The SMILES string of the molecule is CCC1(CNC(=NC)NCCS(=O)(=O)NCc2ccccc2)CCCC1. The van der Waals surface area contributed by atoms with Gasteiger partial charge in [-0.25, -0.2) is 13.1 Å². The van der Waals surface area contributed by atoms with E-state index in [1.54, 1.807) is 7.05 Å². The Bertz CT molecular complexity index is 668. The lowest BCUT2D eigenvalue weighted by molar-refractivity contribution is 0.283. The Kier molecular flexibility index (Phi) is 7.90. The van der Waals surface area contributed by atoms with Crippen molar-refractivity contribution in [3.63, 3.8) is 0 Å². The number of hydrogen-bond donors (Lipinski definition) is 3. The van der Waals surface area contributed by atoms with Crippen molar-refractivity contribution in [2.24, 2.45) is 10.4 Å². The van der Waals surface area contributed by atoms with Crippen LogP contribution >= 0.6 is 0 Å². The Morgan fingerprint density at radius 2 is 1.85 bits per heavy atom. The van der Waals surface area contributed by atoms with E-state index in [1.165, 1.54) is 25.7 Å². The molecule has 1 aromatic rings. The van der Waals surface area contributed by atoms with Crippen molar-refractivity contribution in [3.8, 4) is 0 Å². The first-order chi connectivity index (χ1) is 12.5. The zero-order chi connectivity index (χ0) is 18.9. The minimum absolute atomic E-state index is 0.0133. The first-order valence-electron chi connectivity index (χ1n) is 9.44. The van der Waals surface area contributed by atoms with Crippen LogP contribution in [0.4, 0.5) is 0 Å². The largest absolute Gasteiger partial charge is 0.356 e. The second-order valence-corrected chi connectivity index (χ2v) is 8.97. The number of aliphatic imine (C=N–C) groups is 1. The lowest BCUT2D eigenvalue weighted by atomic mass is 9.83. The van der Waals surface area contributed by atoms with Gasteiger partial charge in [-0.05, 0) is 30.2 Å². The molecular formula is C19H32N4O2S. The van der Waals surface area contributed by atoms with Gasteiger partial charge in [0.15, 0.2) is 5.96 Å². The van der Waals surface area contributed by atoms with Crippen molar-refractivity contribution in [1.82, 2.24) is 15.4 Å². The van der Waals surface area contributed by atoms with E-state index < -0.39 is 10.0 Å². The molecule has 7 heteroatoms. The van der Waals surface area contributed by atoms with E-state index in [9.17, 15) is 8.42 Å². The summed E-state index contributed by atoms with van der Waals surface area (Å²) in [7, 11) is -1.61. The zero-order valence-corrected chi connectivity index (χ0v) is 16.7. The Labute approximate surface area is 157 Å². The van der Waals surface area contributed by atoms with E-state index in [0.717, 1.165) is 18.5 Å². The number of guanidine groups is 1. The van der Waals surface area contributed by atoms with Crippen molar-refractivity contribution in [1.29, 1.82) is 0 Å². The molecule has 0 heterocycles. The Morgan fingerprint density at radius 3 is 2.46 bits per heavy atom. The maximum absolute atomic E-state index is 12.1. The second kappa shape index (κ2) is 9.92. The average molecular weight is 381 g/mol. The molecule has 0 aromatic heterocycles. The minimum atomic E-state index is -3.33. The van der Waals surface area contributed by atoms with Crippen LogP contribution in [0.1, 0.15) is 44.6 Å². The first kappa shape index (κ1) is 20.7. The van der Waals surface area contributed by atoms with Crippen molar-refractivity contribution in [3.05, 3.63) is 35.9 Å². The topological polar surface area (TPSA) is 82.6 Å². The molecule has 2 rings (SSSR count). The average Bonchev–Trinajstić information content (AvgIpc) is 3.13. The van der Waals surface area contributed by atoms with Gasteiger partial charge < -0.3 is 10.6 Å². The summed E-state index contributed by atoms with van der Waals surface area (Å²) < 4.78 is 26.9. The van der Waals surface area contributed by atoms with E-state index in [1.807, 2.05) is 30.3 Å². The molecule has 1 aliphatic rings. The van der Waals surface area contributed by atoms with Gasteiger partial charge in [-0.2, -0.15) is 0 Å². The summed E-state index contributed by atoms with van der Waals surface area (Å²) >= 11 is 0. The summed E-state index contributed by atoms with van der Waals surface area (Å²) in [6.07, 6.45) is 6.27. The fourth-order valence-electron chi connectivity index (χ4n) is 3.44. The van der Waals surface area contributed by atoms with Crippen molar-refractivity contribution >= 4 is 16.0 Å². The standard InChI is InChI=1S/C19H32N4O2S/c1-3-19(11-7-8-12-19)16-22-18(20-2)21-13-14-26(24,25)23-15-17-9-5-4-6-10-17/h4-6,9-10,23H,3,7-8,11-16H2,1-2H3,(H2,20,21,22). The number of hydrogen-bond acceptors (Lipinski definition) is 3. The third-order valence-corrected chi connectivity index (χ3v) is 6.60. The monoisotopic (exact) mass is 380 g/mol. The molecule has 0 radical (unpaired) electrons. The number of nitrogens with zero attached hydrogens (tertiary/aromatic N) is 1. The van der Waals surface area contributed by atoms with E-state index in [0.29, 0.717) is 24.5 Å².